The van der Waals surface area contributed by atoms with Crippen molar-refractivity contribution in [1.82, 2.24) is 5.32 Å². The molecule has 0 aliphatic heterocycles. The Morgan fingerprint density at radius 1 is 1.29 bits per heavy atom. The Morgan fingerprint density at radius 2 is 1.95 bits per heavy atom. The number of carboxylic acids is 2. The normalized spacial score (nSPS) is 37.0. The summed E-state index contributed by atoms with van der Waals surface area (Å²) in [5.74, 6) is -3.36. The molecule has 1 aromatic carbocycles. The summed E-state index contributed by atoms with van der Waals surface area (Å²) in [6, 6.07) is 9.54. The van der Waals surface area contributed by atoms with Gasteiger partial charge in [-0.25, -0.2) is 0 Å². The van der Waals surface area contributed by atoms with Crippen LogP contribution in [0.5, 0.6) is 0 Å². The second-order valence-electron chi connectivity index (χ2n) is 5.99. The van der Waals surface area contributed by atoms with Crippen molar-refractivity contribution >= 4 is 11.9 Å². The van der Waals surface area contributed by atoms with Gasteiger partial charge in [-0.15, -0.1) is 0 Å². The molecule has 6 heteroatoms. The fourth-order valence-electron chi connectivity index (χ4n) is 3.74. The highest BCUT2D eigenvalue weighted by molar-refractivity contribution is 5.85. The van der Waals surface area contributed by atoms with E-state index in [4.69, 9.17) is 5.73 Å². The zero-order valence-corrected chi connectivity index (χ0v) is 11.4. The first-order chi connectivity index (χ1) is 9.95. The van der Waals surface area contributed by atoms with Crippen LogP contribution >= 0.6 is 0 Å². The van der Waals surface area contributed by atoms with E-state index in [2.05, 4.69) is 5.32 Å². The predicted octanol–water partition coefficient (Wildman–Crippen LogP) is 0.277. The number of carbonyl (C=O) groups is 2. The molecule has 5 N–H and O–H groups in total. The molecule has 0 radical (unpaired) electrons. The topological polar surface area (TPSA) is 113 Å². The molecule has 1 aromatic rings. The third kappa shape index (κ3) is 2.20. The van der Waals surface area contributed by atoms with Crippen LogP contribution in [0.3, 0.4) is 0 Å². The lowest BCUT2D eigenvalue weighted by Crippen LogP contribution is -2.51. The van der Waals surface area contributed by atoms with Gasteiger partial charge in [-0.05, 0) is 17.9 Å². The Labute approximate surface area is 122 Å². The molecule has 3 rings (SSSR count). The van der Waals surface area contributed by atoms with Crippen LogP contribution in [0.2, 0.25) is 0 Å². The van der Waals surface area contributed by atoms with E-state index < -0.39 is 29.3 Å². The molecule has 0 bridgehead atoms. The van der Waals surface area contributed by atoms with Crippen LogP contribution in [0.25, 0.3) is 0 Å². The number of nitrogens with two attached hydrogens (primary N) is 1. The third-order valence-corrected chi connectivity index (χ3v) is 4.79. The largest absolute Gasteiger partial charge is 0.481 e. The van der Waals surface area contributed by atoms with Gasteiger partial charge in [0.25, 0.3) is 0 Å². The van der Waals surface area contributed by atoms with E-state index in [1.165, 1.54) is 0 Å². The summed E-state index contributed by atoms with van der Waals surface area (Å²) < 4.78 is 0. The van der Waals surface area contributed by atoms with E-state index in [0.29, 0.717) is 6.54 Å². The molecule has 2 aliphatic carbocycles. The smallest absolute Gasteiger partial charge is 0.324 e. The van der Waals surface area contributed by atoms with Gasteiger partial charge in [0.2, 0.25) is 0 Å². The fourth-order valence-corrected chi connectivity index (χ4v) is 3.74. The standard InChI is InChI=1S/C15H18N2O4/c16-15(14(20)21)6-9(10-11(12(10)15)13(18)19)17-7-8-4-2-1-3-5-8/h1-5,9-12,17H,6-7,16H2,(H,18,19)(H,20,21)/t9?,10?,11-,12?,15?/m0/s1. The first kappa shape index (κ1) is 14.0. The van der Waals surface area contributed by atoms with Crippen LogP contribution in [-0.2, 0) is 16.1 Å². The van der Waals surface area contributed by atoms with Crippen LogP contribution in [0.15, 0.2) is 30.3 Å². The number of carboxylic acid groups (broad SMARTS) is 2. The number of aliphatic carboxylic acids is 2. The highest BCUT2D eigenvalue weighted by Crippen LogP contribution is 2.61. The molecule has 2 saturated carbocycles. The van der Waals surface area contributed by atoms with Gasteiger partial charge in [0.15, 0.2) is 0 Å². The number of fused-ring (bicyclic) bond motifs is 1. The van der Waals surface area contributed by atoms with E-state index >= 15 is 0 Å². The molecule has 21 heavy (non-hydrogen) atoms. The summed E-state index contributed by atoms with van der Waals surface area (Å²) in [5.41, 5.74) is 5.62. The molecule has 2 fully saturated rings. The zero-order chi connectivity index (χ0) is 15.2. The van der Waals surface area contributed by atoms with Gasteiger partial charge in [-0.1, -0.05) is 30.3 Å². The van der Waals surface area contributed by atoms with Crippen molar-refractivity contribution < 1.29 is 19.8 Å². The Bertz CT molecular complexity index is 576. The van der Waals surface area contributed by atoms with E-state index in [1.54, 1.807) is 0 Å². The molecule has 0 aromatic heterocycles. The van der Waals surface area contributed by atoms with Crippen molar-refractivity contribution in [1.29, 1.82) is 0 Å². The van der Waals surface area contributed by atoms with Gasteiger partial charge in [-0.3, -0.25) is 9.59 Å². The fraction of sp³-hybridized carbons (Fsp3) is 0.467. The molecule has 5 atom stereocenters. The van der Waals surface area contributed by atoms with Gasteiger partial charge in [0.1, 0.15) is 5.54 Å². The minimum atomic E-state index is -1.43. The summed E-state index contributed by atoms with van der Waals surface area (Å²) >= 11 is 0. The number of hydrogen-bond donors (Lipinski definition) is 4. The lowest BCUT2D eigenvalue weighted by molar-refractivity contribution is -0.145. The minimum absolute atomic E-state index is 0.169. The number of rotatable bonds is 5. The number of benzene rings is 1. The second kappa shape index (κ2) is 4.82. The van der Waals surface area contributed by atoms with Crippen molar-refractivity contribution in [3.05, 3.63) is 35.9 Å². The van der Waals surface area contributed by atoms with E-state index in [1.807, 2.05) is 30.3 Å². The van der Waals surface area contributed by atoms with Crippen molar-refractivity contribution in [2.45, 2.75) is 24.5 Å². The van der Waals surface area contributed by atoms with Gasteiger partial charge in [0.05, 0.1) is 5.92 Å². The molecule has 0 amide bonds. The van der Waals surface area contributed by atoms with Gasteiger partial charge in [-0.2, -0.15) is 0 Å². The molecule has 6 nitrogen and oxygen atoms in total. The van der Waals surface area contributed by atoms with Gasteiger partial charge < -0.3 is 21.3 Å². The predicted molar refractivity (Wildman–Crippen MR) is 74.3 cm³/mol. The quantitative estimate of drug-likeness (QED) is 0.619. The Morgan fingerprint density at radius 3 is 2.52 bits per heavy atom. The Balaban J connectivity index is 1.72. The van der Waals surface area contributed by atoms with E-state index in [0.717, 1.165) is 5.56 Å². The van der Waals surface area contributed by atoms with Crippen LogP contribution in [-0.4, -0.2) is 33.7 Å². The highest BCUT2D eigenvalue weighted by Gasteiger charge is 2.73. The molecule has 2 aliphatic rings. The number of hydrogen-bond acceptors (Lipinski definition) is 4. The average molecular weight is 290 g/mol. The monoisotopic (exact) mass is 290 g/mol. The summed E-state index contributed by atoms with van der Waals surface area (Å²) in [7, 11) is 0. The maximum absolute atomic E-state index is 11.4. The van der Waals surface area contributed by atoms with Crippen molar-refractivity contribution in [3.8, 4) is 0 Å². The highest BCUT2D eigenvalue weighted by atomic mass is 16.4. The van der Waals surface area contributed by atoms with Crippen molar-refractivity contribution in [3.63, 3.8) is 0 Å². The minimum Gasteiger partial charge on any atom is -0.481 e. The first-order valence-corrected chi connectivity index (χ1v) is 6.97. The summed E-state index contributed by atoms with van der Waals surface area (Å²) in [4.78, 5) is 22.6. The van der Waals surface area contributed by atoms with E-state index in [9.17, 15) is 19.8 Å². The average Bonchev–Trinajstić information content (AvgIpc) is 3.14. The summed E-state index contributed by atoms with van der Waals surface area (Å²) in [6.07, 6.45) is 0.272. The molecule has 0 heterocycles. The lowest BCUT2D eigenvalue weighted by Gasteiger charge is -2.25. The Kier molecular flexibility index (Phi) is 3.22. The summed E-state index contributed by atoms with van der Waals surface area (Å²) in [5, 5.41) is 21.8. The van der Waals surface area contributed by atoms with Gasteiger partial charge in [0, 0.05) is 18.5 Å². The molecule has 4 unspecified atom stereocenters. The molecule has 0 saturated heterocycles. The van der Waals surface area contributed by atoms with Crippen LogP contribution in [0.1, 0.15) is 12.0 Å². The van der Waals surface area contributed by atoms with Crippen LogP contribution in [0, 0.1) is 17.8 Å². The van der Waals surface area contributed by atoms with Gasteiger partial charge >= 0.3 is 11.9 Å². The SMILES string of the molecule is NC1(C(=O)O)CC(NCc2ccccc2)C2C1[C@H]2C(=O)O. The van der Waals surface area contributed by atoms with Crippen molar-refractivity contribution in [2.75, 3.05) is 0 Å². The van der Waals surface area contributed by atoms with Crippen molar-refractivity contribution in [2.24, 2.45) is 23.5 Å². The molecular weight excluding hydrogens is 272 g/mol. The molecule has 0 spiro atoms. The zero-order valence-electron chi connectivity index (χ0n) is 11.4. The lowest BCUT2D eigenvalue weighted by atomic mass is 9.90. The van der Waals surface area contributed by atoms with Crippen LogP contribution < -0.4 is 11.1 Å². The van der Waals surface area contributed by atoms with E-state index in [-0.39, 0.29) is 18.4 Å². The Hall–Kier alpha value is -1.92. The van der Waals surface area contributed by atoms with Crippen LogP contribution in [0.4, 0.5) is 0 Å². The molecule has 112 valence electrons. The number of nitrogens with one attached hydrogen (secondary N) is 1. The summed E-state index contributed by atoms with van der Waals surface area (Å²) in [6.45, 7) is 0.580. The maximum atomic E-state index is 11.4. The third-order valence-electron chi connectivity index (χ3n) is 4.79. The first-order valence-electron chi connectivity index (χ1n) is 6.97. The second-order valence-corrected chi connectivity index (χ2v) is 5.99. The maximum Gasteiger partial charge on any atom is 0.324 e. The molecular formula is C15H18N2O4.